The van der Waals surface area contributed by atoms with Crippen LogP contribution in [0.15, 0.2) is 18.2 Å². The van der Waals surface area contributed by atoms with Crippen molar-refractivity contribution in [2.24, 2.45) is 5.92 Å². The van der Waals surface area contributed by atoms with Crippen LogP contribution in [0.5, 0.6) is 5.75 Å². The van der Waals surface area contributed by atoms with E-state index in [0.717, 1.165) is 17.5 Å². The van der Waals surface area contributed by atoms with Gasteiger partial charge in [-0.05, 0) is 25.1 Å². The number of likely N-dealkylation sites (N-methyl/N-ethyl adjacent to an activating group) is 1. The zero-order valence-corrected chi connectivity index (χ0v) is 18.9. The summed E-state index contributed by atoms with van der Waals surface area (Å²) >= 11 is 0. The summed E-state index contributed by atoms with van der Waals surface area (Å²) in [5, 5.41) is 9.63. The van der Waals surface area contributed by atoms with Gasteiger partial charge in [0.15, 0.2) is 0 Å². The average Bonchev–Trinajstić information content (AvgIpc) is 2.68. The lowest BCUT2D eigenvalue weighted by Gasteiger charge is -2.33. The summed E-state index contributed by atoms with van der Waals surface area (Å²) in [6, 6.07) is 5.33. The Kier molecular flexibility index (Phi) is 7.53. The van der Waals surface area contributed by atoms with E-state index in [4.69, 9.17) is 4.74 Å². The highest BCUT2D eigenvalue weighted by Gasteiger charge is 2.32. The first kappa shape index (κ1) is 23.4. The van der Waals surface area contributed by atoms with E-state index in [-0.39, 0.29) is 37.4 Å². The fourth-order valence-corrected chi connectivity index (χ4v) is 3.72. The number of nitrogens with zero attached hydrogens (tertiary/aromatic N) is 3. The van der Waals surface area contributed by atoms with Crippen molar-refractivity contribution >= 4 is 21.6 Å². The second-order valence-electron chi connectivity index (χ2n) is 8.12. The van der Waals surface area contributed by atoms with Crippen molar-refractivity contribution in [1.29, 1.82) is 0 Å². The lowest BCUT2D eigenvalue weighted by molar-refractivity contribution is -0.134. The fraction of sp³-hybridized carbons (Fsp3) is 0.650. The van der Waals surface area contributed by atoms with Crippen LogP contribution in [0.1, 0.15) is 19.4 Å². The molecule has 29 heavy (non-hydrogen) atoms. The number of carbonyl (C=O) groups is 1. The molecule has 2 rings (SSSR count). The molecule has 0 aromatic heterocycles. The zero-order chi connectivity index (χ0) is 21.9. The van der Waals surface area contributed by atoms with Crippen LogP contribution in [-0.4, -0.2) is 87.9 Å². The van der Waals surface area contributed by atoms with Crippen molar-refractivity contribution in [2.75, 3.05) is 52.0 Å². The fourth-order valence-electron chi connectivity index (χ4n) is 3.30. The van der Waals surface area contributed by atoms with Crippen molar-refractivity contribution < 1.29 is 23.1 Å². The molecular formula is C20H33N3O5S. The molecule has 0 saturated heterocycles. The summed E-state index contributed by atoms with van der Waals surface area (Å²) in [5.74, 6) is 0.356. The van der Waals surface area contributed by atoms with Gasteiger partial charge in [0.25, 0.3) is 0 Å². The number of hydrogen-bond donors (Lipinski definition) is 1. The number of sulfonamides is 1. The highest BCUT2D eigenvalue weighted by molar-refractivity contribution is 7.88. The lowest BCUT2D eigenvalue weighted by Crippen LogP contribution is -2.48. The van der Waals surface area contributed by atoms with Crippen molar-refractivity contribution in [3.8, 4) is 5.75 Å². The molecule has 164 valence electrons. The first-order valence-corrected chi connectivity index (χ1v) is 11.6. The summed E-state index contributed by atoms with van der Waals surface area (Å²) in [5.41, 5.74) is 1.69. The maximum absolute atomic E-state index is 13.0. The number of aliphatic hydroxyl groups excluding tert-OH is 1. The molecule has 0 saturated carbocycles. The van der Waals surface area contributed by atoms with Crippen molar-refractivity contribution in [3.05, 3.63) is 23.8 Å². The van der Waals surface area contributed by atoms with Crippen molar-refractivity contribution in [3.63, 3.8) is 0 Å². The largest absolute Gasteiger partial charge is 0.488 e. The van der Waals surface area contributed by atoms with Gasteiger partial charge < -0.3 is 19.6 Å². The Morgan fingerprint density at radius 3 is 2.52 bits per heavy atom. The molecule has 1 N–H and O–H groups in total. The first-order valence-electron chi connectivity index (χ1n) is 9.72. The topological polar surface area (TPSA) is 90.4 Å². The van der Waals surface area contributed by atoms with Crippen molar-refractivity contribution in [1.82, 2.24) is 9.21 Å². The van der Waals surface area contributed by atoms with Gasteiger partial charge in [0.2, 0.25) is 15.9 Å². The smallest absolute Gasteiger partial charge is 0.227 e. The van der Waals surface area contributed by atoms with Crippen molar-refractivity contribution in [2.45, 2.75) is 32.4 Å². The Morgan fingerprint density at radius 1 is 1.31 bits per heavy atom. The molecule has 0 bridgehead atoms. The van der Waals surface area contributed by atoms with E-state index < -0.39 is 16.1 Å². The molecule has 0 spiro atoms. The third-order valence-electron chi connectivity index (χ3n) is 5.42. The van der Waals surface area contributed by atoms with Crippen LogP contribution in [0.25, 0.3) is 0 Å². The van der Waals surface area contributed by atoms with E-state index in [2.05, 4.69) is 0 Å². The van der Waals surface area contributed by atoms with Gasteiger partial charge in [-0.15, -0.1) is 0 Å². The second kappa shape index (κ2) is 9.32. The molecule has 1 heterocycles. The molecule has 3 atom stereocenters. The zero-order valence-electron chi connectivity index (χ0n) is 18.1. The van der Waals surface area contributed by atoms with E-state index in [9.17, 15) is 18.3 Å². The predicted octanol–water partition coefficient (Wildman–Crippen LogP) is 0.793. The SMILES string of the molecule is C[C@H](CO)N1C[C@H](C)[C@@H](CN(C)S(C)(=O)=O)Oc2ccc(N(C)C)cc2CC1=O. The Labute approximate surface area is 174 Å². The standard InChI is InChI=1S/C20H33N3O5S/c1-14-11-23(15(2)13-24)20(25)10-16-9-17(21(3)4)7-8-18(16)28-19(14)12-22(5)29(6,26)27/h7-9,14-15,19,24H,10-13H2,1-6H3/t14-,15+,19+/m0/s1. The minimum absolute atomic E-state index is 0.0868. The Bertz CT molecular complexity index is 827. The molecule has 0 aliphatic carbocycles. The summed E-state index contributed by atoms with van der Waals surface area (Å²) in [7, 11) is 2.00. The first-order chi connectivity index (χ1) is 13.4. The van der Waals surface area contributed by atoms with Crippen LogP contribution in [0.3, 0.4) is 0 Å². The molecule has 1 amide bonds. The maximum atomic E-state index is 13.0. The minimum atomic E-state index is -3.37. The predicted molar refractivity (Wildman–Crippen MR) is 114 cm³/mol. The number of amides is 1. The number of benzene rings is 1. The Hall–Kier alpha value is -1.84. The number of fused-ring (bicyclic) bond motifs is 1. The number of aliphatic hydroxyl groups is 1. The van der Waals surface area contributed by atoms with Crippen LogP contribution >= 0.6 is 0 Å². The Morgan fingerprint density at radius 2 is 1.97 bits per heavy atom. The molecule has 0 radical (unpaired) electrons. The second-order valence-corrected chi connectivity index (χ2v) is 10.2. The van der Waals surface area contributed by atoms with Gasteiger partial charge in [-0.25, -0.2) is 12.7 Å². The number of ether oxygens (including phenoxy) is 1. The van der Waals surface area contributed by atoms with E-state index in [1.807, 2.05) is 44.1 Å². The minimum Gasteiger partial charge on any atom is -0.488 e. The van der Waals surface area contributed by atoms with Gasteiger partial charge in [0.1, 0.15) is 11.9 Å². The average molecular weight is 428 g/mol. The molecule has 1 aliphatic rings. The molecule has 0 unspecified atom stereocenters. The number of carbonyl (C=O) groups excluding carboxylic acids is 1. The van der Waals surface area contributed by atoms with E-state index in [1.54, 1.807) is 11.8 Å². The monoisotopic (exact) mass is 427 g/mol. The number of anilines is 1. The molecular weight excluding hydrogens is 394 g/mol. The quantitative estimate of drug-likeness (QED) is 0.722. The van der Waals surface area contributed by atoms with Gasteiger partial charge >= 0.3 is 0 Å². The van der Waals surface area contributed by atoms with Crippen LogP contribution < -0.4 is 9.64 Å². The third-order valence-corrected chi connectivity index (χ3v) is 6.70. The molecule has 0 fully saturated rings. The molecule has 1 aromatic rings. The normalized spacial score (nSPS) is 21.7. The van der Waals surface area contributed by atoms with Gasteiger partial charge in [-0.2, -0.15) is 0 Å². The maximum Gasteiger partial charge on any atom is 0.227 e. The summed E-state index contributed by atoms with van der Waals surface area (Å²) in [6.07, 6.45) is 0.870. The lowest BCUT2D eigenvalue weighted by atomic mass is 10.0. The van der Waals surface area contributed by atoms with E-state index in [0.29, 0.717) is 12.3 Å². The van der Waals surface area contributed by atoms with Gasteiger partial charge in [0, 0.05) is 44.9 Å². The van der Waals surface area contributed by atoms with Crippen LogP contribution in [0.4, 0.5) is 5.69 Å². The number of hydrogen-bond acceptors (Lipinski definition) is 6. The molecule has 1 aliphatic heterocycles. The summed E-state index contributed by atoms with van der Waals surface area (Å²) in [6.45, 7) is 4.14. The van der Waals surface area contributed by atoms with Crippen LogP contribution in [0, 0.1) is 5.92 Å². The Balaban J connectivity index is 2.48. The third kappa shape index (κ3) is 5.83. The van der Waals surface area contributed by atoms with Gasteiger partial charge in [0.05, 0.1) is 31.9 Å². The highest BCUT2D eigenvalue weighted by atomic mass is 32.2. The van der Waals surface area contributed by atoms with Crippen LogP contribution in [0.2, 0.25) is 0 Å². The highest BCUT2D eigenvalue weighted by Crippen LogP contribution is 2.30. The molecule has 9 heteroatoms. The van der Waals surface area contributed by atoms with E-state index >= 15 is 0 Å². The van der Waals surface area contributed by atoms with E-state index in [1.165, 1.54) is 11.4 Å². The van der Waals surface area contributed by atoms with Crippen LogP contribution in [-0.2, 0) is 21.2 Å². The molecule has 1 aromatic carbocycles. The van der Waals surface area contributed by atoms with Gasteiger partial charge in [-0.1, -0.05) is 6.92 Å². The molecule has 8 nitrogen and oxygen atoms in total. The summed E-state index contributed by atoms with van der Waals surface area (Å²) in [4.78, 5) is 16.7. The van der Waals surface area contributed by atoms with Gasteiger partial charge in [-0.3, -0.25) is 4.79 Å². The summed E-state index contributed by atoms with van der Waals surface area (Å²) < 4.78 is 31.4. The number of rotatable bonds is 6.